The Morgan fingerprint density at radius 1 is 1.09 bits per heavy atom. The quantitative estimate of drug-likeness (QED) is 0.165. The molecule has 0 saturated carbocycles. The van der Waals surface area contributed by atoms with E-state index in [0.717, 1.165) is 49.7 Å². The Morgan fingerprint density at radius 2 is 1.94 bits per heavy atom. The Labute approximate surface area is 213 Å². The molecule has 1 aromatic heterocycles. The highest BCUT2D eigenvalue weighted by Gasteiger charge is 2.14. The number of para-hydroxylation sites is 1. The van der Waals surface area contributed by atoms with E-state index in [4.69, 9.17) is 18.9 Å². The van der Waals surface area contributed by atoms with Crippen LogP contribution < -0.4 is 20.1 Å². The molecule has 1 aliphatic rings. The minimum absolute atomic E-state index is 0. The second-order valence-electron chi connectivity index (χ2n) is 7.43. The number of hydrogen-bond acceptors (Lipinski definition) is 6. The first kappa shape index (κ1) is 27.1. The summed E-state index contributed by atoms with van der Waals surface area (Å²) in [5.74, 6) is 2.16. The molecule has 182 valence electrons. The molecule has 2 heterocycles. The fourth-order valence-electron chi connectivity index (χ4n) is 3.20. The van der Waals surface area contributed by atoms with Crippen LogP contribution in [0.15, 0.2) is 53.7 Å². The molecular weight excluding hydrogens is 535 g/mol. The number of guanidine groups is 1. The number of aliphatic imine (C=N–C) groups is 1. The molecule has 1 fully saturated rings. The van der Waals surface area contributed by atoms with Gasteiger partial charge in [0.15, 0.2) is 5.96 Å². The van der Waals surface area contributed by atoms with Crippen LogP contribution in [0, 0.1) is 0 Å². The van der Waals surface area contributed by atoms with E-state index >= 15 is 0 Å². The van der Waals surface area contributed by atoms with Gasteiger partial charge in [-0.2, -0.15) is 0 Å². The van der Waals surface area contributed by atoms with Gasteiger partial charge in [0.1, 0.15) is 19.0 Å². The Morgan fingerprint density at radius 3 is 2.67 bits per heavy atom. The maximum absolute atomic E-state index is 5.68. The van der Waals surface area contributed by atoms with Crippen molar-refractivity contribution >= 4 is 29.9 Å². The molecule has 3 rings (SSSR count). The number of aromatic nitrogens is 1. The molecule has 1 saturated heterocycles. The van der Waals surface area contributed by atoms with Gasteiger partial charge in [0, 0.05) is 45.6 Å². The lowest BCUT2D eigenvalue weighted by molar-refractivity contribution is 0.0168. The van der Waals surface area contributed by atoms with Gasteiger partial charge in [-0.05, 0) is 37.0 Å². The SMILES string of the molecule is CN=C(NCCCOCC1CCCO1)NCc1ccc(OCCOc2ccccc2)nc1.I. The van der Waals surface area contributed by atoms with Gasteiger partial charge >= 0.3 is 0 Å². The molecule has 0 spiro atoms. The Bertz CT molecular complexity index is 787. The summed E-state index contributed by atoms with van der Waals surface area (Å²) in [6, 6.07) is 13.5. The van der Waals surface area contributed by atoms with E-state index in [1.807, 2.05) is 42.5 Å². The number of ether oxygens (including phenoxy) is 4. The average Bonchev–Trinajstić information content (AvgIpc) is 3.36. The van der Waals surface area contributed by atoms with Crippen molar-refractivity contribution in [3.63, 3.8) is 0 Å². The Balaban J connectivity index is 0.00000385. The van der Waals surface area contributed by atoms with Gasteiger partial charge in [-0.1, -0.05) is 24.3 Å². The van der Waals surface area contributed by atoms with Crippen molar-refractivity contribution in [3.8, 4) is 11.6 Å². The lowest BCUT2D eigenvalue weighted by Crippen LogP contribution is -2.37. The van der Waals surface area contributed by atoms with Crippen LogP contribution in [0.2, 0.25) is 0 Å². The number of halogens is 1. The van der Waals surface area contributed by atoms with Crippen molar-refractivity contribution < 1.29 is 18.9 Å². The molecular formula is C24H35IN4O4. The van der Waals surface area contributed by atoms with Gasteiger partial charge in [-0.15, -0.1) is 24.0 Å². The van der Waals surface area contributed by atoms with E-state index < -0.39 is 0 Å². The van der Waals surface area contributed by atoms with Gasteiger partial charge in [-0.25, -0.2) is 4.98 Å². The second kappa shape index (κ2) is 16.5. The van der Waals surface area contributed by atoms with Crippen LogP contribution in [0.3, 0.4) is 0 Å². The van der Waals surface area contributed by atoms with Crippen LogP contribution in [0.4, 0.5) is 0 Å². The second-order valence-corrected chi connectivity index (χ2v) is 7.43. The van der Waals surface area contributed by atoms with Crippen molar-refractivity contribution in [1.82, 2.24) is 15.6 Å². The summed E-state index contributed by atoms with van der Waals surface area (Å²) >= 11 is 0. The van der Waals surface area contributed by atoms with Gasteiger partial charge < -0.3 is 29.6 Å². The Hall–Kier alpha value is -2.11. The van der Waals surface area contributed by atoms with Crippen molar-refractivity contribution in [2.75, 3.05) is 46.6 Å². The molecule has 1 unspecified atom stereocenters. The van der Waals surface area contributed by atoms with Gasteiger partial charge in [0.05, 0.1) is 12.7 Å². The minimum atomic E-state index is 0. The van der Waals surface area contributed by atoms with E-state index in [2.05, 4.69) is 20.6 Å². The van der Waals surface area contributed by atoms with Crippen molar-refractivity contribution in [2.45, 2.75) is 31.9 Å². The maximum atomic E-state index is 5.68. The normalized spacial score (nSPS) is 15.5. The number of pyridine rings is 1. The van der Waals surface area contributed by atoms with Crippen LogP contribution in [0.5, 0.6) is 11.6 Å². The predicted molar refractivity (Wildman–Crippen MR) is 140 cm³/mol. The predicted octanol–water partition coefficient (Wildman–Crippen LogP) is 3.41. The number of nitrogens with zero attached hydrogens (tertiary/aromatic N) is 2. The maximum Gasteiger partial charge on any atom is 0.213 e. The number of rotatable bonds is 13. The first-order valence-corrected chi connectivity index (χ1v) is 11.2. The third-order valence-corrected chi connectivity index (χ3v) is 4.91. The van der Waals surface area contributed by atoms with E-state index in [1.54, 1.807) is 13.2 Å². The molecule has 9 heteroatoms. The average molecular weight is 570 g/mol. The van der Waals surface area contributed by atoms with Crippen LogP contribution >= 0.6 is 24.0 Å². The third-order valence-electron chi connectivity index (χ3n) is 4.91. The molecule has 0 radical (unpaired) electrons. The van der Waals surface area contributed by atoms with Crippen LogP contribution in [0.1, 0.15) is 24.8 Å². The highest BCUT2D eigenvalue weighted by atomic mass is 127. The van der Waals surface area contributed by atoms with Crippen LogP contribution in [-0.4, -0.2) is 63.7 Å². The fourth-order valence-corrected chi connectivity index (χ4v) is 3.20. The summed E-state index contributed by atoms with van der Waals surface area (Å²) in [4.78, 5) is 8.60. The zero-order valence-corrected chi connectivity index (χ0v) is 21.5. The van der Waals surface area contributed by atoms with Gasteiger partial charge in [-0.3, -0.25) is 4.99 Å². The van der Waals surface area contributed by atoms with E-state index in [-0.39, 0.29) is 30.1 Å². The van der Waals surface area contributed by atoms with E-state index in [0.29, 0.717) is 38.9 Å². The summed E-state index contributed by atoms with van der Waals surface area (Å²) in [7, 11) is 1.76. The number of nitrogens with one attached hydrogen (secondary N) is 2. The molecule has 1 atom stereocenters. The molecule has 2 N–H and O–H groups in total. The van der Waals surface area contributed by atoms with Crippen LogP contribution in [0.25, 0.3) is 0 Å². The zero-order valence-electron chi connectivity index (χ0n) is 19.2. The largest absolute Gasteiger partial charge is 0.490 e. The number of hydrogen-bond donors (Lipinski definition) is 2. The Kier molecular flexibility index (Phi) is 13.6. The standard InChI is InChI=1S/C24H34N4O4.HI/c1-25-24(26-12-6-13-29-19-22-9-5-14-30-22)28-18-20-10-11-23(27-17-20)32-16-15-31-21-7-3-2-4-8-21;/h2-4,7-8,10-11,17,22H,5-6,9,12-16,18-19H2,1H3,(H2,25,26,28);1H. The topological polar surface area (TPSA) is 86.2 Å². The zero-order chi connectivity index (χ0) is 22.3. The first-order chi connectivity index (χ1) is 15.8. The van der Waals surface area contributed by atoms with Crippen molar-refractivity contribution in [3.05, 3.63) is 54.2 Å². The molecule has 0 amide bonds. The summed E-state index contributed by atoms with van der Waals surface area (Å²) in [6.45, 7) is 4.60. The first-order valence-electron chi connectivity index (χ1n) is 11.2. The summed E-state index contributed by atoms with van der Waals surface area (Å²) in [5, 5.41) is 6.58. The highest BCUT2D eigenvalue weighted by molar-refractivity contribution is 14.0. The van der Waals surface area contributed by atoms with Crippen molar-refractivity contribution in [2.24, 2.45) is 4.99 Å². The molecule has 2 aromatic rings. The summed E-state index contributed by atoms with van der Waals surface area (Å²) < 4.78 is 22.5. The van der Waals surface area contributed by atoms with E-state index in [9.17, 15) is 0 Å². The van der Waals surface area contributed by atoms with Gasteiger partial charge in [0.2, 0.25) is 5.88 Å². The monoisotopic (exact) mass is 570 g/mol. The molecule has 0 aliphatic carbocycles. The van der Waals surface area contributed by atoms with Crippen LogP contribution in [-0.2, 0) is 16.0 Å². The van der Waals surface area contributed by atoms with Crippen molar-refractivity contribution in [1.29, 1.82) is 0 Å². The molecule has 33 heavy (non-hydrogen) atoms. The minimum Gasteiger partial charge on any atom is -0.490 e. The lowest BCUT2D eigenvalue weighted by atomic mass is 10.2. The fraction of sp³-hybridized carbons (Fsp3) is 0.500. The van der Waals surface area contributed by atoms with E-state index in [1.165, 1.54) is 0 Å². The molecule has 1 aliphatic heterocycles. The summed E-state index contributed by atoms with van der Waals surface area (Å²) in [5.41, 5.74) is 1.04. The van der Waals surface area contributed by atoms with Gasteiger partial charge in [0.25, 0.3) is 0 Å². The smallest absolute Gasteiger partial charge is 0.213 e. The highest BCUT2D eigenvalue weighted by Crippen LogP contribution is 2.12. The molecule has 8 nitrogen and oxygen atoms in total. The summed E-state index contributed by atoms with van der Waals surface area (Å²) in [6.07, 6.45) is 5.25. The number of benzene rings is 1. The molecule has 1 aromatic carbocycles. The molecule has 0 bridgehead atoms. The third kappa shape index (κ3) is 11.0. The lowest BCUT2D eigenvalue weighted by Gasteiger charge is -2.13.